The molecular weight excluding hydrogens is 496 g/mol. The largest absolute Gasteiger partial charge is 0.507 e. The van der Waals surface area contributed by atoms with E-state index in [0.717, 1.165) is 0 Å². The summed E-state index contributed by atoms with van der Waals surface area (Å²) in [6.07, 6.45) is 0. The Morgan fingerprint density at radius 2 is 1.84 bits per heavy atom. The Morgan fingerprint density at radius 3 is 2.54 bits per heavy atom. The summed E-state index contributed by atoms with van der Waals surface area (Å²) in [6, 6.07) is 17.1. The summed E-state index contributed by atoms with van der Waals surface area (Å²) in [7, 11) is 1.48. The van der Waals surface area contributed by atoms with Gasteiger partial charge in [-0.25, -0.2) is 0 Å². The number of rotatable bonds is 7. The fraction of sp³-hybridized carbons (Fsp3) is 0.179. The van der Waals surface area contributed by atoms with E-state index in [1.165, 1.54) is 25.0 Å². The van der Waals surface area contributed by atoms with Gasteiger partial charge in [0.05, 0.1) is 30.4 Å². The van der Waals surface area contributed by atoms with E-state index < -0.39 is 23.5 Å². The van der Waals surface area contributed by atoms with Crippen molar-refractivity contribution in [3.8, 4) is 11.5 Å². The van der Waals surface area contributed by atoms with Crippen molar-refractivity contribution in [2.45, 2.75) is 19.9 Å². The van der Waals surface area contributed by atoms with Crippen LogP contribution in [0.4, 0.5) is 11.4 Å². The molecule has 3 aromatic carbocycles. The number of para-hydroxylation sites is 1. The summed E-state index contributed by atoms with van der Waals surface area (Å²) in [4.78, 5) is 39.8. The second kappa shape index (κ2) is 10.8. The molecule has 2 N–H and O–H groups in total. The average Bonchev–Trinajstić information content (AvgIpc) is 3.14. The first-order chi connectivity index (χ1) is 17.8. The lowest BCUT2D eigenvalue weighted by Gasteiger charge is -2.27. The summed E-state index contributed by atoms with van der Waals surface area (Å²) >= 11 is 6.40. The number of anilines is 2. The van der Waals surface area contributed by atoms with Crippen LogP contribution in [0.1, 0.15) is 31.0 Å². The van der Waals surface area contributed by atoms with Crippen molar-refractivity contribution in [2.75, 3.05) is 23.9 Å². The molecule has 37 heavy (non-hydrogen) atoms. The number of halogens is 1. The third-order valence-corrected chi connectivity index (χ3v) is 6.16. The number of hydrogen-bond acceptors (Lipinski definition) is 6. The highest BCUT2D eigenvalue weighted by atomic mass is 35.5. The van der Waals surface area contributed by atoms with Gasteiger partial charge in [0.1, 0.15) is 17.3 Å². The van der Waals surface area contributed by atoms with Crippen molar-refractivity contribution in [3.63, 3.8) is 0 Å². The summed E-state index contributed by atoms with van der Waals surface area (Å²) < 4.78 is 11.1. The Hall–Kier alpha value is -4.30. The van der Waals surface area contributed by atoms with Gasteiger partial charge < -0.3 is 19.9 Å². The molecule has 9 heteroatoms. The maximum absolute atomic E-state index is 13.5. The Balaban J connectivity index is 1.97. The maximum Gasteiger partial charge on any atom is 0.300 e. The molecule has 1 unspecified atom stereocenters. The van der Waals surface area contributed by atoms with Gasteiger partial charge >= 0.3 is 0 Å². The third kappa shape index (κ3) is 5.01. The minimum absolute atomic E-state index is 0.150. The number of aliphatic hydroxyl groups is 1. The highest BCUT2D eigenvalue weighted by molar-refractivity contribution is 6.52. The Kier molecular flexibility index (Phi) is 7.50. The number of carbonyl (C=O) groups is 3. The molecule has 4 rings (SSSR count). The van der Waals surface area contributed by atoms with Crippen LogP contribution in [0.3, 0.4) is 0 Å². The van der Waals surface area contributed by atoms with E-state index in [0.29, 0.717) is 35.0 Å². The monoisotopic (exact) mass is 520 g/mol. The number of hydrogen-bond donors (Lipinski definition) is 2. The zero-order valence-corrected chi connectivity index (χ0v) is 21.2. The summed E-state index contributed by atoms with van der Waals surface area (Å²) in [5.41, 5.74) is 1.26. The molecule has 190 valence electrons. The first kappa shape index (κ1) is 25.8. The van der Waals surface area contributed by atoms with Crippen LogP contribution >= 0.6 is 11.6 Å². The first-order valence-corrected chi connectivity index (χ1v) is 11.9. The fourth-order valence-electron chi connectivity index (χ4n) is 4.31. The normalized spacial score (nSPS) is 16.5. The van der Waals surface area contributed by atoms with Crippen molar-refractivity contribution in [2.24, 2.45) is 0 Å². The third-order valence-electron chi connectivity index (χ3n) is 5.83. The molecule has 1 fully saturated rings. The number of carbonyl (C=O) groups excluding carboxylic acids is 3. The average molecular weight is 521 g/mol. The zero-order chi connectivity index (χ0) is 26.7. The predicted molar refractivity (Wildman–Crippen MR) is 141 cm³/mol. The Labute approximate surface area is 219 Å². The van der Waals surface area contributed by atoms with Crippen molar-refractivity contribution in [1.82, 2.24) is 0 Å². The smallest absolute Gasteiger partial charge is 0.300 e. The number of nitrogens with one attached hydrogen (secondary N) is 1. The van der Waals surface area contributed by atoms with Crippen molar-refractivity contribution in [3.05, 3.63) is 88.5 Å². The zero-order valence-electron chi connectivity index (χ0n) is 20.4. The van der Waals surface area contributed by atoms with Gasteiger partial charge in [0.25, 0.3) is 11.7 Å². The van der Waals surface area contributed by atoms with Crippen molar-refractivity contribution in [1.29, 1.82) is 0 Å². The minimum Gasteiger partial charge on any atom is -0.507 e. The number of nitrogens with zero attached hydrogens (tertiary/aromatic N) is 1. The van der Waals surface area contributed by atoms with Crippen molar-refractivity contribution >= 4 is 46.3 Å². The number of ketones is 1. The van der Waals surface area contributed by atoms with Crippen LogP contribution in [0.25, 0.3) is 5.76 Å². The van der Waals surface area contributed by atoms with Crippen LogP contribution in [0.5, 0.6) is 11.5 Å². The molecule has 0 saturated carbocycles. The number of methoxy groups -OCH3 is 1. The van der Waals surface area contributed by atoms with E-state index in [1.807, 2.05) is 6.92 Å². The molecular formula is C28H25ClN2O6. The van der Waals surface area contributed by atoms with Gasteiger partial charge in [-0.1, -0.05) is 35.9 Å². The van der Waals surface area contributed by atoms with Crippen LogP contribution in [0.2, 0.25) is 5.02 Å². The standard InChI is InChI=1S/C28H25ClN2O6/c1-4-37-19-12-13-22(29)21(15-19)26(33)24-25(20-10-5-6-11-23(20)36-3)31(28(35)27(24)34)18-9-7-8-17(14-18)30-16(2)32/h5-15,25,33H,4H2,1-3H3,(H,30,32)/b26-24+. The van der Waals surface area contributed by atoms with Crippen LogP contribution < -0.4 is 19.7 Å². The molecule has 8 nitrogen and oxygen atoms in total. The summed E-state index contributed by atoms with van der Waals surface area (Å²) in [5.74, 6) is -1.62. The lowest BCUT2D eigenvalue weighted by atomic mass is 9.94. The number of benzene rings is 3. The lowest BCUT2D eigenvalue weighted by Crippen LogP contribution is -2.29. The van der Waals surface area contributed by atoms with Gasteiger partial charge in [-0.05, 0) is 49.4 Å². The fourth-order valence-corrected chi connectivity index (χ4v) is 4.52. The lowest BCUT2D eigenvalue weighted by molar-refractivity contribution is -0.132. The Morgan fingerprint density at radius 1 is 1.08 bits per heavy atom. The van der Waals surface area contributed by atoms with Gasteiger partial charge in [-0.2, -0.15) is 0 Å². The molecule has 0 radical (unpaired) electrons. The molecule has 0 bridgehead atoms. The van der Waals surface area contributed by atoms with Crippen molar-refractivity contribution < 1.29 is 29.0 Å². The molecule has 1 aliphatic heterocycles. The van der Waals surface area contributed by atoms with Crippen LogP contribution in [-0.2, 0) is 14.4 Å². The van der Waals surface area contributed by atoms with E-state index in [-0.39, 0.29) is 22.1 Å². The molecule has 1 aliphatic rings. The van der Waals surface area contributed by atoms with E-state index in [4.69, 9.17) is 21.1 Å². The molecule has 1 heterocycles. The topological polar surface area (TPSA) is 105 Å². The highest BCUT2D eigenvalue weighted by Gasteiger charge is 2.48. The van der Waals surface area contributed by atoms with Gasteiger partial charge in [-0.15, -0.1) is 0 Å². The second-order valence-electron chi connectivity index (χ2n) is 8.22. The van der Waals surface area contributed by atoms with E-state index in [9.17, 15) is 19.5 Å². The van der Waals surface area contributed by atoms with E-state index in [2.05, 4.69) is 5.32 Å². The number of amides is 2. The predicted octanol–water partition coefficient (Wildman–Crippen LogP) is 5.33. The van der Waals surface area contributed by atoms with E-state index >= 15 is 0 Å². The second-order valence-corrected chi connectivity index (χ2v) is 8.62. The molecule has 2 amide bonds. The van der Waals surface area contributed by atoms with Crippen LogP contribution in [-0.4, -0.2) is 36.4 Å². The van der Waals surface area contributed by atoms with Gasteiger partial charge in [0.2, 0.25) is 5.91 Å². The first-order valence-electron chi connectivity index (χ1n) is 11.5. The maximum atomic E-state index is 13.5. The molecule has 3 aromatic rings. The summed E-state index contributed by atoms with van der Waals surface area (Å²) in [5, 5.41) is 14.3. The SMILES string of the molecule is CCOc1ccc(Cl)c(/C(O)=C2\C(=O)C(=O)N(c3cccc(NC(C)=O)c3)C2c2ccccc2OC)c1. The molecule has 0 aliphatic carbocycles. The summed E-state index contributed by atoms with van der Waals surface area (Å²) in [6.45, 7) is 3.57. The van der Waals surface area contributed by atoms with Gasteiger partial charge in [0.15, 0.2) is 0 Å². The van der Waals surface area contributed by atoms with Gasteiger partial charge in [0, 0.05) is 29.4 Å². The van der Waals surface area contributed by atoms with Crippen LogP contribution in [0.15, 0.2) is 72.3 Å². The molecule has 0 aromatic heterocycles. The van der Waals surface area contributed by atoms with E-state index in [1.54, 1.807) is 60.7 Å². The highest BCUT2D eigenvalue weighted by Crippen LogP contribution is 2.46. The number of Topliss-reactive ketones (excluding diaryl/α,β-unsaturated/α-hetero) is 1. The molecule has 1 atom stereocenters. The molecule has 1 saturated heterocycles. The van der Waals surface area contributed by atoms with Crippen LogP contribution in [0, 0.1) is 0 Å². The van der Waals surface area contributed by atoms with Gasteiger partial charge in [-0.3, -0.25) is 19.3 Å². The minimum atomic E-state index is -1.05. The number of ether oxygens (including phenoxy) is 2. The molecule has 0 spiro atoms. The quantitative estimate of drug-likeness (QED) is 0.248. The Bertz CT molecular complexity index is 1420. The number of aliphatic hydroxyl groups excluding tert-OH is 1.